The van der Waals surface area contributed by atoms with E-state index in [1.54, 1.807) is 4.90 Å². The van der Waals surface area contributed by atoms with Gasteiger partial charge in [0, 0.05) is 32.3 Å². The number of rotatable bonds is 5. The molecule has 2 rings (SSSR count). The zero-order chi connectivity index (χ0) is 14.5. The van der Waals surface area contributed by atoms with Crippen LogP contribution in [0.4, 0.5) is 4.79 Å². The highest BCUT2D eigenvalue weighted by Crippen LogP contribution is 2.27. The van der Waals surface area contributed by atoms with Crippen molar-refractivity contribution in [1.29, 1.82) is 0 Å². The zero-order valence-corrected chi connectivity index (χ0v) is 11.8. The molecule has 0 aromatic rings. The number of urea groups is 1. The fourth-order valence-electron chi connectivity index (χ4n) is 2.91. The van der Waals surface area contributed by atoms with E-state index in [2.05, 4.69) is 0 Å². The third-order valence-electron chi connectivity index (χ3n) is 4.36. The van der Waals surface area contributed by atoms with Crippen LogP contribution in [0.1, 0.15) is 38.5 Å². The van der Waals surface area contributed by atoms with E-state index in [1.807, 2.05) is 4.90 Å². The van der Waals surface area contributed by atoms with Crippen LogP contribution in [-0.2, 0) is 4.79 Å². The number of piperidine rings is 1. The predicted octanol–water partition coefficient (Wildman–Crippen LogP) is 1.14. The Morgan fingerprint density at radius 3 is 2.50 bits per heavy atom. The summed E-state index contributed by atoms with van der Waals surface area (Å²) in [6, 6.07) is 0.230. The molecule has 0 spiro atoms. The van der Waals surface area contributed by atoms with Crippen molar-refractivity contribution in [3.8, 4) is 0 Å². The smallest absolute Gasteiger partial charge is 0.320 e. The molecule has 2 fully saturated rings. The standard InChI is InChI=1S/C14H24N2O4/c17-9-3-8-16(12-5-1-6-12)14(20)15-7-2-4-11(10-15)13(18)19/h11-12,17H,1-10H2,(H,18,19). The minimum absolute atomic E-state index is 0.0471. The van der Waals surface area contributed by atoms with Crippen LogP contribution in [0, 0.1) is 5.92 Å². The Morgan fingerprint density at radius 2 is 1.95 bits per heavy atom. The summed E-state index contributed by atoms with van der Waals surface area (Å²) in [5.74, 6) is -1.25. The number of hydrogen-bond acceptors (Lipinski definition) is 3. The van der Waals surface area contributed by atoms with Crippen molar-refractivity contribution in [2.75, 3.05) is 26.2 Å². The molecular weight excluding hydrogens is 260 g/mol. The highest BCUT2D eigenvalue weighted by Gasteiger charge is 2.34. The normalized spacial score (nSPS) is 23.2. The fraction of sp³-hybridized carbons (Fsp3) is 0.857. The summed E-state index contributed by atoms with van der Waals surface area (Å²) in [5, 5.41) is 18.1. The molecule has 2 N–H and O–H groups in total. The number of nitrogens with zero attached hydrogens (tertiary/aromatic N) is 2. The Morgan fingerprint density at radius 1 is 1.20 bits per heavy atom. The Hall–Kier alpha value is -1.30. The van der Waals surface area contributed by atoms with Crippen molar-refractivity contribution in [3.05, 3.63) is 0 Å². The quantitative estimate of drug-likeness (QED) is 0.793. The second kappa shape index (κ2) is 6.92. The second-order valence-corrected chi connectivity index (χ2v) is 5.76. The van der Waals surface area contributed by atoms with Crippen molar-refractivity contribution in [1.82, 2.24) is 9.80 Å². The van der Waals surface area contributed by atoms with Crippen molar-refractivity contribution in [2.24, 2.45) is 5.92 Å². The highest BCUT2D eigenvalue weighted by molar-refractivity contribution is 5.77. The molecule has 6 nitrogen and oxygen atoms in total. The first-order valence-corrected chi connectivity index (χ1v) is 7.52. The molecule has 0 bridgehead atoms. The monoisotopic (exact) mass is 284 g/mol. The Labute approximate surface area is 119 Å². The van der Waals surface area contributed by atoms with Gasteiger partial charge in [0.25, 0.3) is 0 Å². The Kier molecular flexibility index (Phi) is 5.23. The maximum atomic E-state index is 12.6. The van der Waals surface area contributed by atoms with Gasteiger partial charge < -0.3 is 20.0 Å². The van der Waals surface area contributed by atoms with Gasteiger partial charge in [-0.15, -0.1) is 0 Å². The van der Waals surface area contributed by atoms with E-state index in [0.29, 0.717) is 32.5 Å². The van der Waals surface area contributed by atoms with Gasteiger partial charge in [-0.3, -0.25) is 4.79 Å². The fourth-order valence-corrected chi connectivity index (χ4v) is 2.91. The third-order valence-corrected chi connectivity index (χ3v) is 4.36. The molecule has 20 heavy (non-hydrogen) atoms. The molecule has 1 saturated carbocycles. The maximum absolute atomic E-state index is 12.6. The molecule has 6 heteroatoms. The van der Waals surface area contributed by atoms with Gasteiger partial charge in [-0.2, -0.15) is 0 Å². The molecule has 114 valence electrons. The van der Waals surface area contributed by atoms with Crippen LogP contribution in [0.3, 0.4) is 0 Å². The van der Waals surface area contributed by atoms with E-state index < -0.39 is 11.9 Å². The lowest BCUT2D eigenvalue weighted by Gasteiger charge is -2.42. The number of amides is 2. The third kappa shape index (κ3) is 3.42. The zero-order valence-electron chi connectivity index (χ0n) is 11.8. The number of aliphatic hydroxyl groups excluding tert-OH is 1. The van der Waals surface area contributed by atoms with Crippen LogP contribution in [0.5, 0.6) is 0 Å². The van der Waals surface area contributed by atoms with Gasteiger partial charge in [0.05, 0.1) is 5.92 Å². The minimum Gasteiger partial charge on any atom is -0.481 e. The molecule has 0 aromatic heterocycles. The number of carbonyl (C=O) groups is 2. The van der Waals surface area contributed by atoms with Gasteiger partial charge in [0.1, 0.15) is 0 Å². The van der Waals surface area contributed by atoms with Crippen LogP contribution < -0.4 is 0 Å². The summed E-state index contributed by atoms with van der Waals surface area (Å²) in [6.07, 6.45) is 5.17. The summed E-state index contributed by atoms with van der Waals surface area (Å²) in [6.45, 7) is 1.60. The molecular formula is C14H24N2O4. The first kappa shape index (κ1) is 15.1. The minimum atomic E-state index is -0.812. The molecule has 1 heterocycles. The number of aliphatic hydroxyl groups is 1. The largest absolute Gasteiger partial charge is 0.481 e. The van der Waals surface area contributed by atoms with E-state index in [1.165, 1.54) is 0 Å². The van der Waals surface area contributed by atoms with Crippen molar-refractivity contribution >= 4 is 12.0 Å². The van der Waals surface area contributed by atoms with Gasteiger partial charge in [-0.25, -0.2) is 4.79 Å². The molecule has 2 aliphatic rings. The molecule has 1 saturated heterocycles. The average molecular weight is 284 g/mol. The van der Waals surface area contributed by atoms with Crippen molar-refractivity contribution < 1.29 is 19.8 Å². The van der Waals surface area contributed by atoms with Crippen LogP contribution in [0.2, 0.25) is 0 Å². The summed E-state index contributed by atoms with van der Waals surface area (Å²) in [7, 11) is 0. The molecule has 1 aliphatic heterocycles. The van der Waals surface area contributed by atoms with E-state index >= 15 is 0 Å². The van der Waals surface area contributed by atoms with Gasteiger partial charge >= 0.3 is 12.0 Å². The van der Waals surface area contributed by atoms with E-state index in [9.17, 15) is 9.59 Å². The molecule has 0 radical (unpaired) electrons. The van der Waals surface area contributed by atoms with Gasteiger partial charge in [-0.05, 0) is 38.5 Å². The lowest BCUT2D eigenvalue weighted by atomic mass is 9.91. The van der Waals surface area contributed by atoms with Crippen LogP contribution in [-0.4, -0.2) is 64.3 Å². The van der Waals surface area contributed by atoms with Gasteiger partial charge in [0.2, 0.25) is 0 Å². The van der Waals surface area contributed by atoms with E-state index in [-0.39, 0.29) is 18.7 Å². The molecule has 1 aliphatic carbocycles. The lowest BCUT2D eigenvalue weighted by molar-refractivity contribution is -0.143. The number of aliphatic carboxylic acids is 1. The maximum Gasteiger partial charge on any atom is 0.320 e. The Bertz CT molecular complexity index is 357. The number of carboxylic acid groups (broad SMARTS) is 1. The Balaban J connectivity index is 1.96. The van der Waals surface area contributed by atoms with E-state index in [0.717, 1.165) is 25.7 Å². The topological polar surface area (TPSA) is 81.1 Å². The average Bonchev–Trinajstić information content (AvgIpc) is 2.40. The summed E-state index contributed by atoms with van der Waals surface area (Å²) >= 11 is 0. The number of hydrogen-bond donors (Lipinski definition) is 2. The van der Waals surface area contributed by atoms with Crippen LogP contribution in [0.15, 0.2) is 0 Å². The molecule has 1 unspecified atom stereocenters. The number of likely N-dealkylation sites (tertiary alicyclic amines) is 1. The summed E-state index contributed by atoms with van der Waals surface area (Å²) in [5.41, 5.74) is 0. The van der Waals surface area contributed by atoms with Gasteiger partial charge in [-0.1, -0.05) is 0 Å². The number of carbonyl (C=O) groups excluding carboxylic acids is 1. The predicted molar refractivity (Wildman–Crippen MR) is 73.4 cm³/mol. The van der Waals surface area contributed by atoms with Gasteiger partial charge in [0.15, 0.2) is 0 Å². The summed E-state index contributed by atoms with van der Waals surface area (Å²) < 4.78 is 0. The number of carboxylic acids is 1. The molecule has 0 aromatic carbocycles. The lowest BCUT2D eigenvalue weighted by Crippen LogP contribution is -2.53. The van der Waals surface area contributed by atoms with Crippen molar-refractivity contribution in [3.63, 3.8) is 0 Å². The highest BCUT2D eigenvalue weighted by atomic mass is 16.4. The summed E-state index contributed by atoms with van der Waals surface area (Å²) in [4.78, 5) is 27.2. The molecule has 1 atom stereocenters. The molecule has 2 amide bonds. The SMILES string of the molecule is O=C(O)C1CCCN(C(=O)N(CCCO)C2CCC2)C1. The van der Waals surface area contributed by atoms with E-state index in [4.69, 9.17) is 10.2 Å². The van der Waals surface area contributed by atoms with Crippen LogP contribution >= 0.6 is 0 Å². The second-order valence-electron chi connectivity index (χ2n) is 5.76. The first-order valence-electron chi connectivity index (χ1n) is 7.52. The first-order chi connectivity index (χ1) is 9.63. The van der Waals surface area contributed by atoms with Crippen LogP contribution in [0.25, 0.3) is 0 Å². The van der Waals surface area contributed by atoms with Crippen molar-refractivity contribution in [2.45, 2.75) is 44.6 Å².